The van der Waals surface area contributed by atoms with Crippen LogP contribution in [0.25, 0.3) is 0 Å². The fraction of sp³-hybridized carbons (Fsp3) is 0.591. The highest BCUT2D eigenvalue weighted by Crippen LogP contribution is 2.33. The highest BCUT2D eigenvalue weighted by Gasteiger charge is 2.49. The Bertz CT molecular complexity index is 901. The molecule has 1 aromatic rings. The average molecular weight is 445 g/mol. The molecule has 3 heterocycles. The van der Waals surface area contributed by atoms with Crippen molar-refractivity contribution in [2.24, 2.45) is 0 Å². The molecule has 3 aliphatic rings. The summed E-state index contributed by atoms with van der Waals surface area (Å²) in [6.45, 7) is 4.53. The van der Waals surface area contributed by atoms with E-state index < -0.39 is 29.8 Å². The maximum Gasteiger partial charge on any atom is 0.416 e. The predicted octanol–water partition coefficient (Wildman–Crippen LogP) is 1.65. The summed E-state index contributed by atoms with van der Waals surface area (Å²) >= 11 is 0. The SMILES string of the molecule is CCC(=O)N(C1CN(c2cccc(F)c2)C(=O)O1)C1CNCCN1C1(C#N)CCOCC1. The van der Waals surface area contributed by atoms with Gasteiger partial charge in [0.2, 0.25) is 5.91 Å². The van der Waals surface area contributed by atoms with Crippen LogP contribution in [0, 0.1) is 17.1 Å². The van der Waals surface area contributed by atoms with Gasteiger partial charge in [0.1, 0.15) is 17.5 Å². The number of rotatable bonds is 5. The Balaban J connectivity index is 1.63. The predicted molar refractivity (Wildman–Crippen MR) is 113 cm³/mol. The molecule has 1 aromatic carbocycles. The minimum atomic E-state index is -0.846. The van der Waals surface area contributed by atoms with Crippen molar-refractivity contribution < 1.29 is 23.5 Å². The number of hydrogen-bond acceptors (Lipinski definition) is 7. The van der Waals surface area contributed by atoms with E-state index in [1.807, 2.05) is 0 Å². The van der Waals surface area contributed by atoms with Crippen LogP contribution in [-0.2, 0) is 14.3 Å². The molecule has 2 unspecified atom stereocenters. The quantitative estimate of drug-likeness (QED) is 0.736. The number of hydrogen-bond donors (Lipinski definition) is 1. The molecule has 0 saturated carbocycles. The van der Waals surface area contributed by atoms with E-state index in [4.69, 9.17) is 9.47 Å². The first-order chi connectivity index (χ1) is 15.5. The zero-order valence-corrected chi connectivity index (χ0v) is 18.1. The molecule has 3 fully saturated rings. The molecule has 9 nitrogen and oxygen atoms in total. The third kappa shape index (κ3) is 4.16. The number of halogens is 1. The molecule has 0 bridgehead atoms. The molecule has 1 N–H and O–H groups in total. The normalized spacial score (nSPS) is 25.8. The monoisotopic (exact) mass is 445 g/mol. The topological polar surface area (TPSA) is 98.1 Å². The Morgan fingerprint density at radius 1 is 1.41 bits per heavy atom. The summed E-state index contributed by atoms with van der Waals surface area (Å²) in [5.41, 5.74) is -0.375. The Labute approximate surface area is 186 Å². The highest BCUT2D eigenvalue weighted by atomic mass is 19.1. The van der Waals surface area contributed by atoms with Gasteiger partial charge in [-0.15, -0.1) is 0 Å². The van der Waals surface area contributed by atoms with Gasteiger partial charge < -0.3 is 14.8 Å². The van der Waals surface area contributed by atoms with E-state index in [1.54, 1.807) is 17.9 Å². The number of nitrogens with zero attached hydrogens (tertiary/aromatic N) is 4. The average Bonchev–Trinajstić information content (AvgIpc) is 3.20. The fourth-order valence-corrected chi connectivity index (χ4v) is 4.76. The van der Waals surface area contributed by atoms with E-state index in [-0.39, 0.29) is 18.9 Å². The standard InChI is InChI=1S/C22H28FN5O4/c1-2-19(29)28(20-14-26(21(30)32-20)17-5-3-4-16(23)12-17)18-13-25-8-9-27(18)22(15-24)6-10-31-11-7-22/h3-5,12,18,20,25H,2,6-11,13-14H2,1H3. The number of benzene rings is 1. The smallest absolute Gasteiger partial charge is 0.416 e. The Kier molecular flexibility index (Phi) is 6.60. The summed E-state index contributed by atoms with van der Waals surface area (Å²) in [5, 5.41) is 13.4. The van der Waals surface area contributed by atoms with Crippen LogP contribution in [0.15, 0.2) is 24.3 Å². The van der Waals surface area contributed by atoms with Gasteiger partial charge in [0.25, 0.3) is 0 Å². The van der Waals surface area contributed by atoms with Crippen LogP contribution in [0.3, 0.4) is 0 Å². The van der Waals surface area contributed by atoms with Gasteiger partial charge >= 0.3 is 6.09 Å². The Hall–Kier alpha value is -2.74. The van der Waals surface area contributed by atoms with Gasteiger partial charge in [-0.25, -0.2) is 9.18 Å². The Morgan fingerprint density at radius 2 is 2.19 bits per heavy atom. The second kappa shape index (κ2) is 9.40. The molecule has 172 valence electrons. The zero-order valence-electron chi connectivity index (χ0n) is 18.1. The van der Waals surface area contributed by atoms with Gasteiger partial charge in [-0.1, -0.05) is 13.0 Å². The molecule has 2 amide bonds. The van der Waals surface area contributed by atoms with Crippen molar-refractivity contribution in [3.05, 3.63) is 30.1 Å². The van der Waals surface area contributed by atoms with E-state index in [2.05, 4.69) is 16.3 Å². The summed E-state index contributed by atoms with van der Waals surface area (Å²) < 4.78 is 24.8. The number of carbonyl (C=O) groups excluding carboxylic acids is 2. The summed E-state index contributed by atoms with van der Waals surface area (Å²) in [6, 6.07) is 8.20. The molecule has 0 radical (unpaired) electrons. The maximum absolute atomic E-state index is 13.7. The lowest BCUT2D eigenvalue weighted by Gasteiger charge is -2.51. The van der Waals surface area contributed by atoms with Crippen molar-refractivity contribution in [2.75, 3.05) is 44.3 Å². The van der Waals surface area contributed by atoms with Gasteiger partial charge in [-0.05, 0) is 18.2 Å². The van der Waals surface area contributed by atoms with Crippen molar-refractivity contribution in [1.82, 2.24) is 15.1 Å². The Morgan fingerprint density at radius 3 is 2.88 bits per heavy atom. The number of anilines is 1. The first-order valence-electron chi connectivity index (χ1n) is 11.0. The summed E-state index contributed by atoms with van der Waals surface area (Å²) in [5.74, 6) is -0.638. The minimum Gasteiger partial charge on any atom is -0.423 e. The summed E-state index contributed by atoms with van der Waals surface area (Å²) in [4.78, 5) is 30.7. The molecule has 0 spiro atoms. The number of amides is 2. The fourth-order valence-electron chi connectivity index (χ4n) is 4.76. The largest absolute Gasteiger partial charge is 0.423 e. The lowest BCUT2D eigenvalue weighted by Crippen LogP contribution is -2.69. The first-order valence-corrected chi connectivity index (χ1v) is 11.0. The second-order valence-electron chi connectivity index (χ2n) is 8.22. The third-order valence-corrected chi connectivity index (χ3v) is 6.43. The number of carbonyl (C=O) groups is 2. The molecule has 2 atom stereocenters. The molecular formula is C22H28FN5O4. The van der Waals surface area contributed by atoms with Crippen LogP contribution >= 0.6 is 0 Å². The first kappa shape index (κ1) is 22.5. The van der Waals surface area contributed by atoms with E-state index in [1.165, 1.54) is 23.1 Å². The van der Waals surface area contributed by atoms with E-state index in [0.717, 1.165) is 0 Å². The van der Waals surface area contributed by atoms with Gasteiger partial charge in [0.15, 0.2) is 6.23 Å². The van der Waals surface area contributed by atoms with Crippen LogP contribution in [0.4, 0.5) is 14.9 Å². The molecule has 3 aliphatic heterocycles. The van der Waals surface area contributed by atoms with E-state index in [0.29, 0.717) is 51.4 Å². The minimum absolute atomic E-state index is 0.0844. The van der Waals surface area contributed by atoms with Gasteiger partial charge in [-0.3, -0.25) is 19.5 Å². The number of nitriles is 1. The molecular weight excluding hydrogens is 417 g/mol. The number of piperazine rings is 1. The van der Waals surface area contributed by atoms with Gasteiger partial charge in [0, 0.05) is 52.1 Å². The number of cyclic esters (lactones) is 1. The van der Waals surface area contributed by atoms with Crippen LogP contribution < -0.4 is 10.2 Å². The summed E-state index contributed by atoms with van der Waals surface area (Å²) in [7, 11) is 0. The number of nitrogens with one attached hydrogen (secondary N) is 1. The molecule has 32 heavy (non-hydrogen) atoms. The van der Waals surface area contributed by atoms with E-state index >= 15 is 0 Å². The third-order valence-electron chi connectivity index (χ3n) is 6.43. The number of ether oxygens (including phenoxy) is 2. The zero-order chi connectivity index (χ0) is 22.7. The van der Waals surface area contributed by atoms with Crippen molar-refractivity contribution in [2.45, 2.75) is 44.1 Å². The molecule has 3 saturated heterocycles. The van der Waals surface area contributed by atoms with Crippen LogP contribution in [0.5, 0.6) is 0 Å². The van der Waals surface area contributed by atoms with E-state index in [9.17, 15) is 19.2 Å². The molecule has 0 aromatic heterocycles. The molecule has 4 rings (SSSR count). The second-order valence-corrected chi connectivity index (χ2v) is 8.22. The summed E-state index contributed by atoms with van der Waals surface area (Å²) in [6.07, 6.45) is -0.616. The van der Waals surface area contributed by atoms with Crippen molar-refractivity contribution >= 4 is 17.7 Å². The maximum atomic E-state index is 13.7. The van der Waals surface area contributed by atoms with Crippen LogP contribution in [0.1, 0.15) is 26.2 Å². The highest BCUT2D eigenvalue weighted by molar-refractivity contribution is 5.90. The lowest BCUT2D eigenvalue weighted by atomic mass is 9.88. The van der Waals surface area contributed by atoms with Crippen molar-refractivity contribution in [3.63, 3.8) is 0 Å². The van der Waals surface area contributed by atoms with Gasteiger partial charge in [-0.2, -0.15) is 5.26 Å². The molecule has 10 heteroatoms. The van der Waals surface area contributed by atoms with Crippen LogP contribution in [-0.4, -0.2) is 79.1 Å². The van der Waals surface area contributed by atoms with Crippen molar-refractivity contribution in [1.29, 1.82) is 5.26 Å². The van der Waals surface area contributed by atoms with Crippen LogP contribution in [0.2, 0.25) is 0 Å². The van der Waals surface area contributed by atoms with Crippen molar-refractivity contribution in [3.8, 4) is 6.07 Å². The van der Waals surface area contributed by atoms with Gasteiger partial charge in [0.05, 0.1) is 18.3 Å². The lowest BCUT2D eigenvalue weighted by molar-refractivity contribution is -0.158. The molecule has 0 aliphatic carbocycles.